The van der Waals surface area contributed by atoms with Crippen LogP contribution < -0.4 is 5.32 Å². The molecule has 6 heteroatoms. The zero-order chi connectivity index (χ0) is 13.3. The fourth-order valence-electron chi connectivity index (χ4n) is 2.27. The van der Waals surface area contributed by atoms with E-state index in [9.17, 15) is 14.7 Å². The highest BCUT2D eigenvalue weighted by Crippen LogP contribution is 2.38. The van der Waals surface area contributed by atoms with Crippen LogP contribution in [0.4, 0.5) is 4.79 Å². The van der Waals surface area contributed by atoms with Gasteiger partial charge in [0.05, 0.1) is 6.61 Å². The molecule has 2 fully saturated rings. The van der Waals surface area contributed by atoms with Crippen LogP contribution in [0.15, 0.2) is 0 Å². The van der Waals surface area contributed by atoms with Gasteiger partial charge < -0.3 is 20.1 Å². The van der Waals surface area contributed by atoms with Crippen LogP contribution in [-0.4, -0.2) is 54.4 Å². The Morgan fingerprint density at radius 2 is 2.22 bits per heavy atom. The van der Waals surface area contributed by atoms with Gasteiger partial charge in [-0.3, -0.25) is 0 Å². The van der Waals surface area contributed by atoms with Crippen molar-refractivity contribution >= 4 is 12.0 Å². The Bertz CT molecular complexity index is 352. The minimum absolute atomic E-state index is 0.0434. The number of carbonyl (C=O) groups is 2. The second kappa shape index (κ2) is 4.76. The summed E-state index contributed by atoms with van der Waals surface area (Å²) in [5.41, 5.74) is -1.25. The molecule has 2 aliphatic rings. The topological polar surface area (TPSA) is 78.9 Å². The summed E-state index contributed by atoms with van der Waals surface area (Å²) in [5.74, 6) is 0.200. The van der Waals surface area contributed by atoms with Crippen molar-refractivity contribution in [3.63, 3.8) is 0 Å². The number of nitrogens with one attached hydrogen (secondary N) is 1. The number of hydrogen-bond donors (Lipinski definition) is 2. The number of carboxylic acid groups (broad SMARTS) is 1. The summed E-state index contributed by atoms with van der Waals surface area (Å²) in [6.07, 6.45) is 1.46. The summed E-state index contributed by atoms with van der Waals surface area (Å²) in [6, 6.07) is -0.331. The van der Waals surface area contributed by atoms with E-state index in [0.717, 1.165) is 6.42 Å². The van der Waals surface area contributed by atoms with Gasteiger partial charge in [-0.05, 0) is 18.3 Å². The van der Waals surface area contributed by atoms with Gasteiger partial charge in [0, 0.05) is 26.6 Å². The van der Waals surface area contributed by atoms with Gasteiger partial charge in [-0.15, -0.1) is 0 Å². The first-order valence-corrected chi connectivity index (χ1v) is 6.29. The first-order valence-electron chi connectivity index (χ1n) is 6.29. The van der Waals surface area contributed by atoms with Crippen molar-refractivity contribution in [2.24, 2.45) is 11.8 Å². The van der Waals surface area contributed by atoms with Crippen molar-refractivity contribution in [3.8, 4) is 0 Å². The van der Waals surface area contributed by atoms with E-state index in [2.05, 4.69) is 12.2 Å². The molecule has 2 amide bonds. The molecule has 18 heavy (non-hydrogen) atoms. The number of carbonyl (C=O) groups excluding carboxylic acids is 1. The van der Waals surface area contributed by atoms with Crippen LogP contribution in [-0.2, 0) is 9.53 Å². The molecule has 2 N–H and O–H groups in total. The molecule has 0 aromatic carbocycles. The normalized spacial score (nSPS) is 34.1. The first-order chi connectivity index (χ1) is 8.44. The smallest absolute Gasteiger partial charge is 0.332 e. The molecule has 3 unspecified atom stereocenters. The molecule has 0 aromatic heterocycles. The van der Waals surface area contributed by atoms with Crippen LogP contribution >= 0.6 is 0 Å². The van der Waals surface area contributed by atoms with E-state index >= 15 is 0 Å². The maximum absolute atomic E-state index is 12.0. The van der Waals surface area contributed by atoms with E-state index in [1.165, 1.54) is 0 Å². The second-order valence-electron chi connectivity index (χ2n) is 5.47. The summed E-state index contributed by atoms with van der Waals surface area (Å²) in [7, 11) is 1.70. The molecule has 1 heterocycles. The summed E-state index contributed by atoms with van der Waals surface area (Å²) < 4.78 is 5.10. The average Bonchev–Trinajstić information content (AvgIpc) is 2.80. The zero-order valence-corrected chi connectivity index (χ0v) is 10.8. The molecule has 0 bridgehead atoms. The minimum Gasteiger partial charge on any atom is -0.479 e. The lowest BCUT2D eigenvalue weighted by Crippen LogP contribution is -2.58. The van der Waals surface area contributed by atoms with Gasteiger partial charge in [-0.25, -0.2) is 9.59 Å². The Morgan fingerprint density at radius 1 is 1.56 bits per heavy atom. The standard InChI is InChI=1S/C12H20N2O4/c1-8-5-9(8)6-14(2)11(17)13-12(10(15)16)3-4-18-7-12/h8-9H,3-7H2,1-2H3,(H,13,17)(H,15,16). The molecule has 3 atom stereocenters. The highest BCUT2D eigenvalue weighted by molar-refractivity contribution is 5.86. The highest BCUT2D eigenvalue weighted by atomic mass is 16.5. The molecule has 0 aromatic rings. The van der Waals surface area contributed by atoms with Crippen LogP contribution in [0.5, 0.6) is 0 Å². The summed E-state index contributed by atoms with van der Waals surface area (Å²) in [5, 5.41) is 11.8. The predicted octanol–water partition coefficient (Wildman–Crippen LogP) is 0.527. The van der Waals surface area contributed by atoms with Crippen molar-refractivity contribution in [1.82, 2.24) is 10.2 Å². The third-order valence-corrected chi connectivity index (χ3v) is 3.91. The van der Waals surface area contributed by atoms with E-state index in [0.29, 0.717) is 31.4 Å². The molecule has 6 nitrogen and oxygen atoms in total. The lowest BCUT2D eigenvalue weighted by atomic mass is 9.99. The Hall–Kier alpha value is -1.30. The predicted molar refractivity (Wildman–Crippen MR) is 64.2 cm³/mol. The maximum atomic E-state index is 12.0. The van der Waals surface area contributed by atoms with Crippen LogP contribution in [0.3, 0.4) is 0 Å². The first kappa shape index (κ1) is 13.1. The molecular weight excluding hydrogens is 236 g/mol. The fourth-order valence-corrected chi connectivity index (χ4v) is 2.27. The van der Waals surface area contributed by atoms with Crippen molar-refractivity contribution in [2.45, 2.75) is 25.3 Å². The van der Waals surface area contributed by atoms with Gasteiger partial charge in [0.1, 0.15) is 0 Å². The summed E-state index contributed by atoms with van der Waals surface area (Å²) in [4.78, 5) is 24.8. The molecule has 1 saturated carbocycles. The molecule has 2 rings (SSSR count). The van der Waals surface area contributed by atoms with Crippen LogP contribution in [0, 0.1) is 11.8 Å². The quantitative estimate of drug-likeness (QED) is 0.769. The van der Waals surface area contributed by atoms with Gasteiger partial charge in [-0.2, -0.15) is 0 Å². The monoisotopic (exact) mass is 256 g/mol. The van der Waals surface area contributed by atoms with Gasteiger partial charge in [0.2, 0.25) is 0 Å². The molecule has 1 saturated heterocycles. The van der Waals surface area contributed by atoms with Crippen LogP contribution in [0.2, 0.25) is 0 Å². The van der Waals surface area contributed by atoms with Crippen molar-refractivity contribution in [2.75, 3.05) is 26.8 Å². The lowest BCUT2D eigenvalue weighted by molar-refractivity contribution is -0.144. The van der Waals surface area contributed by atoms with Gasteiger partial charge >= 0.3 is 12.0 Å². The van der Waals surface area contributed by atoms with Crippen LogP contribution in [0.1, 0.15) is 19.8 Å². The van der Waals surface area contributed by atoms with E-state index in [-0.39, 0.29) is 12.6 Å². The largest absolute Gasteiger partial charge is 0.479 e. The van der Waals surface area contributed by atoms with Crippen molar-refractivity contribution < 1.29 is 19.4 Å². The maximum Gasteiger partial charge on any atom is 0.332 e. The Morgan fingerprint density at radius 3 is 2.67 bits per heavy atom. The van der Waals surface area contributed by atoms with E-state index < -0.39 is 11.5 Å². The molecule has 1 aliphatic carbocycles. The van der Waals surface area contributed by atoms with E-state index in [1.807, 2.05) is 0 Å². The molecule has 0 radical (unpaired) electrons. The number of hydrogen-bond acceptors (Lipinski definition) is 3. The Kier molecular flexibility index (Phi) is 3.47. The number of nitrogens with zero attached hydrogens (tertiary/aromatic N) is 1. The number of aliphatic carboxylic acids is 1. The average molecular weight is 256 g/mol. The third-order valence-electron chi connectivity index (χ3n) is 3.91. The number of amides is 2. The second-order valence-corrected chi connectivity index (χ2v) is 5.47. The Balaban J connectivity index is 1.90. The third kappa shape index (κ3) is 2.58. The molecule has 1 aliphatic heterocycles. The van der Waals surface area contributed by atoms with E-state index in [1.54, 1.807) is 11.9 Å². The minimum atomic E-state index is -1.25. The molecule has 0 spiro atoms. The summed E-state index contributed by atoms with van der Waals surface area (Å²) >= 11 is 0. The van der Waals surface area contributed by atoms with Gasteiger partial charge in [0.25, 0.3) is 0 Å². The summed E-state index contributed by atoms with van der Waals surface area (Å²) in [6.45, 7) is 3.25. The van der Waals surface area contributed by atoms with E-state index in [4.69, 9.17) is 4.74 Å². The van der Waals surface area contributed by atoms with Gasteiger partial charge in [-0.1, -0.05) is 6.92 Å². The zero-order valence-electron chi connectivity index (χ0n) is 10.8. The van der Waals surface area contributed by atoms with Crippen LogP contribution in [0.25, 0.3) is 0 Å². The van der Waals surface area contributed by atoms with Crippen molar-refractivity contribution in [1.29, 1.82) is 0 Å². The molecule has 102 valence electrons. The SMILES string of the molecule is CC1CC1CN(C)C(=O)NC1(C(=O)O)CCOC1. The lowest BCUT2D eigenvalue weighted by Gasteiger charge is -2.27. The highest BCUT2D eigenvalue weighted by Gasteiger charge is 2.45. The van der Waals surface area contributed by atoms with Gasteiger partial charge in [0.15, 0.2) is 5.54 Å². The number of rotatable bonds is 4. The Labute approximate surface area is 106 Å². The van der Waals surface area contributed by atoms with Crippen molar-refractivity contribution in [3.05, 3.63) is 0 Å². The number of ether oxygens (including phenoxy) is 1. The fraction of sp³-hybridized carbons (Fsp3) is 0.833. The molecular formula is C12H20N2O4. The number of carboxylic acids is 1. The number of urea groups is 1.